The van der Waals surface area contributed by atoms with Crippen LogP contribution in [0.2, 0.25) is 0 Å². The minimum Gasteiger partial charge on any atom is -0.486 e. The van der Waals surface area contributed by atoms with Gasteiger partial charge in [0.15, 0.2) is 5.75 Å². The molecule has 1 aromatic carbocycles. The number of hydrogen-bond acceptors (Lipinski definition) is 3. The zero-order valence-electron chi connectivity index (χ0n) is 9.45. The summed E-state index contributed by atoms with van der Waals surface area (Å²) < 4.78 is 7.37. The van der Waals surface area contributed by atoms with E-state index in [0.717, 1.165) is 11.3 Å². The van der Waals surface area contributed by atoms with Crippen molar-refractivity contribution in [3.05, 3.63) is 48.3 Å². The molecule has 0 aliphatic carbocycles. The molecule has 0 unspecified atom stereocenters. The van der Waals surface area contributed by atoms with E-state index in [-0.39, 0.29) is 12.4 Å². The summed E-state index contributed by atoms with van der Waals surface area (Å²) in [7, 11) is 0. The number of aromatic nitrogens is 2. The average Bonchev–Trinajstić information content (AvgIpc) is 2.76. The van der Waals surface area contributed by atoms with Crippen LogP contribution >= 0.6 is 12.4 Å². The Morgan fingerprint density at radius 3 is 2.71 bits per heavy atom. The van der Waals surface area contributed by atoms with Gasteiger partial charge in [-0.15, -0.1) is 12.4 Å². The molecule has 0 atom stereocenters. The van der Waals surface area contributed by atoms with Crippen LogP contribution in [0.3, 0.4) is 0 Å². The minimum absolute atomic E-state index is 0. The molecule has 0 aliphatic rings. The largest absolute Gasteiger partial charge is 0.486 e. The monoisotopic (exact) mass is 253 g/mol. The normalized spacial score (nSPS) is 9.71. The standard InChI is InChI=1S/C12H15N3O.ClH/c13-6-7-15-9-12(8-14-15)16-10-11-4-2-1-3-5-11;/h1-5,8-9H,6-7,10,13H2;1H. The zero-order valence-corrected chi connectivity index (χ0v) is 10.3. The Labute approximate surface area is 107 Å². The van der Waals surface area contributed by atoms with Gasteiger partial charge in [-0.25, -0.2) is 0 Å². The van der Waals surface area contributed by atoms with Gasteiger partial charge < -0.3 is 10.5 Å². The molecule has 1 aromatic heterocycles. The van der Waals surface area contributed by atoms with Gasteiger partial charge >= 0.3 is 0 Å². The first-order valence-corrected chi connectivity index (χ1v) is 5.28. The first-order valence-electron chi connectivity index (χ1n) is 5.28. The molecule has 5 heteroatoms. The highest BCUT2D eigenvalue weighted by Crippen LogP contribution is 2.10. The van der Waals surface area contributed by atoms with Gasteiger partial charge in [0, 0.05) is 6.54 Å². The lowest BCUT2D eigenvalue weighted by atomic mass is 10.2. The second kappa shape index (κ2) is 6.93. The Morgan fingerprint density at radius 2 is 2.00 bits per heavy atom. The minimum atomic E-state index is 0. The van der Waals surface area contributed by atoms with Crippen molar-refractivity contribution < 1.29 is 4.74 Å². The summed E-state index contributed by atoms with van der Waals surface area (Å²) in [4.78, 5) is 0. The summed E-state index contributed by atoms with van der Waals surface area (Å²) in [5.74, 6) is 0.775. The maximum absolute atomic E-state index is 5.59. The third-order valence-corrected chi connectivity index (χ3v) is 2.22. The Kier molecular flexibility index (Phi) is 5.52. The van der Waals surface area contributed by atoms with E-state index in [4.69, 9.17) is 10.5 Å². The van der Waals surface area contributed by atoms with E-state index in [1.54, 1.807) is 10.9 Å². The molecule has 0 amide bonds. The molecule has 0 bridgehead atoms. The number of halogens is 1. The third kappa shape index (κ3) is 4.09. The molecule has 2 aromatic rings. The lowest BCUT2D eigenvalue weighted by molar-refractivity contribution is 0.306. The zero-order chi connectivity index (χ0) is 11.2. The van der Waals surface area contributed by atoms with Crippen LogP contribution in [0.25, 0.3) is 0 Å². The van der Waals surface area contributed by atoms with Crippen molar-refractivity contribution in [2.45, 2.75) is 13.2 Å². The maximum atomic E-state index is 5.59. The van der Waals surface area contributed by atoms with Crippen LogP contribution in [0, 0.1) is 0 Å². The van der Waals surface area contributed by atoms with E-state index in [9.17, 15) is 0 Å². The summed E-state index contributed by atoms with van der Waals surface area (Å²) in [5, 5.41) is 4.13. The Hall–Kier alpha value is -1.52. The molecule has 1 heterocycles. The van der Waals surface area contributed by atoms with Gasteiger partial charge in [-0.1, -0.05) is 30.3 Å². The molecule has 0 aliphatic heterocycles. The Balaban J connectivity index is 0.00000144. The molecule has 0 radical (unpaired) electrons. The summed E-state index contributed by atoms with van der Waals surface area (Å²) >= 11 is 0. The predicted octanol–water partition coefficient (Wildman–Crippen LogP) is 1.84. The highest BCUT2D eigenvalue weighted by molar-refractivity contribution is 5.85. The van der Waals surface area contributed by atoms with Crippen molar-refractivity contribution in [3.8, 4) is 5.75 Å². The topological polar surface area (TPSA) is 53.1 Å². The van der Waals surface area contributed by atoms with Crippen LogP contribution in [0.5, 0.6) is 5.75 Å². The predicted molar refractivity (Wildman–Crippen MR) is 69.3 cm³/mol. The summed E-state index contributed by atoms with van der Waals surface area (Å²) in [6.45, 7) is 1.86. The Bertz CT molecular complexity index is 430. The molecule has 0 saturated heterocycles. The van der Waals surface area contributed by atoms with E-state index >= 15 is 0 Å². The fourth-order valence-corrected chi connectivity index (χ4v) is 1.41. The van der Waals surface area contributed by atoms with Crippen molar-refractivity contribution >= 4 is 12.4 Å². The maximum Gasteiger partial charge on any atom is 0.157 e. The number of ether oxygens (including phenoxy) is 1. The van der Waals surface area contributed by atoms with Crippen molar-refractivity contribution in [2.24, 2.45) is 5.73 Å². The molecule has 2 N–H and O–H groups in total. The number of benzene rings is 1. The Morgan fingerprint density at radius 1 is 1.24 bits per heavy atom. The van der Waals surface area contributed by atoms with Gasteiger partial charge in [-0.3, -0.25) is 4.68 Å². The van der Waals surface area contributed by atoms with E-state index in [2.05, 4.69) is 5.10 Å². The smallest absolute Gasteiger partial charge is 0.157 e. The molecule has 17 heavy (non-hydrogen) atoms. The summed E-state index contributed by atoms with van der Waals surface area (Å²) in [6, 6.07) is 10.0. The molecule has 2 rings (SSSR count). The lowest BCUT2D eigenvalue weighted by Crippen LogP contribution is -2.09. The first-order chi connectivity index (χ1) is 7.88. The van der Waals surface area contributed by atoms with Gasteiger partial charge in [-0.2, -0.15) is 5.10 Å². The first kappa shape index (κ1) is 13.5. The molecule has 4 nitrogen and oxygen atoms in total. The lowest BCUT2D eigenvalue weighted by Gasteiger charge is -2.02. The fraction of sp³-hybridized carbons (Fsp3) is 0.250. The van der Waals surface area contributed by atoms with E-state index < -0.39 is 0 Å². The van der Waals surface area contributed by atoms with Gasteiger partial charge in [0.2, 0.25) is 0 Å². The van der Waals surface area contributed by atoms with E-state index in [1.807, 2.05) is 36.5 Å². The van der Waals surface area contributed by atoms with Crippen molar-refractivity contribution in [1.29, 1.82) is 0 Å². The molecule has 0 saturated carbocycles. The average molecular weight is 254 g/mol. The quantitative estimate of drug-likeness (QED) is 0.885. The molecular formula is C12H16ClN3O. The van der Waals surface area contributed by atoms with Gasteiger partial charge in [0.1, 0.15) is 6.61 Å². The van der Waals surface area contributed by atoms with Gasteiger partial charge in [-0.05, 0) is 5.56 Å². The third-order valence-electron chi connectivity index (χ3n) is 2.22. The van der Waals surface area contributed by atoms with E-state index in [0.29, 0.717) is 19.7 Å². The fourth-order valence-electron chi connectivity index (χ4n) is 1.41. The van der Waals surface area contributed by atoms with Crippen LogP contribution in [-0.4, -0.2) is 16.3 Å². The molecule has 0 fully saturated rings. The SMILES string of the molecule is Cl.NCCn1cc(OCc2ccccc2)cn1. The number of nitrogens with zero attached hydrogens (tertiary/aromatic N) is 2. The van der Waals surface area contributed by atoms with Gasteiger partial charge in [0.25, 0.3) is 0 Å². The number of hydrogen-bond donors (Lipinski definition) is 1. The second-order valence-electron chi connectivity index (χ2n) is 3.50. The van der Waals surface area contributed by atoms with Crippen molar-refractivity contribution in [3.63, 3.8) is 0 Å². The van der Waals surface area contributed by atoms with Crippen LogP contribution in [0.4, 0.5) is 0 Å². The van der Waals surface area contributed by atoms with Crippen LogP contribution in [0.15, 0.2) is 42.7 Å². The van der Waals surface area contributed by atoms with Crippen LogP contribution < -0.4 is 10.5 Å². The highest BCUT2D eigenvalue weighted by atomic mass is 35.5. The number of rotatable bonds is 5. The molecule has 92 valence electrons. The highest BCUT2D eigenvalue weighted by Gasteiger charge is 1.99. The number of nitrogens with two attached hydrogens (primary N) is 1. The van der Waals surface area contributed by atoms with Gasteiger partial charge in [0.05, 0.1) is 18.9 Å². The van der Waals surface area contributed by atoms with Crippen LogP contribution in [-0.2, 0) is 13.2 Å². The summed E-state index contributed by atoms with van der Waals surface area (Å²) in [6.07, 6.45) is 3.56. The summed E-state index contributed by atoms with van der Waals surface area (Å²) in [5.41, 5.74) is 6.58. The second-order valence-corrected chi connectivity index (χ2v) is 3.50. The molecule has 0 spiro atoms. The van der Waals surface area contributed by atoms with Crippen LogP contribution in [0.1, 0.15) is 5.56 Å². The molecular weight excluding hydrogens is 238 g/mol. The van der Waals surface area contributed by atoms with Crippen molar-refractivity contribution in [1.82, 2.24) is 9.78 Å². The van der Waals surface area contributed by atoms with E-state index in [1.165, 1.54) is 0 Å². The van der Waals surface area contributed by atoms with Crippen molar-refractivity contribution in [2.75, 3.05) is 6.54 Å².